The van der Waals surface area contributed by atoms with Crippen LogP contribution in [0.2, 0.25) is 0 Å². The summed E-state index contributed by atoms with van der Waals surface area (Å²) in [5, 5.41) is 0. The number of hydrogen-bond acceptors (Lipinski definition) is 1. The van der Waals surface area contributed by atoms with Crippen LogP contribution in [0, 0.1) is 0 Å². The topological polar surface area (TPSA) is 9.23 Å². The number of ether oxygens (including phenoxy) is 1. The molecule has 0 aliphatic heterocycles. The van der Waals surface area contributed by atoms with Gasteiger partial charge in [0, 0.05) is 6.61 Å². The molecule has 0 saturated heterocycles. The molecular weight excluding hydrogens is 112 g/mol. The molecule has 0 spiro atoms. The zero-order valence-electron chi connectivity index (χ0n) is 6.81. The normalized spacial score (nSPS) is 13.7. The van der Waals surface area contributed by atoms with Crippen molar-refractivity contribution in [2.45, 2.75) is 46.1 Å². The molecule has 0 aromatic carbocycles. The maximum atomic E-state index is 5.43. The molecule has 1 heteroatoms. The smallest absolute Gasteiger partial charge is 0.0572 e. The van der Waals surface area contributed by atoms with Crippen molar-refractivity contribution in [2.75, 3.05) is 6.61 Å². The minimum atomic E-state index is 0.514. The van der Waals surface area contributed by atoms with Gasteiger partial charge in [0.25, 0.3) is 0 Å². The lowest BCUT2D eigenvalue weighted by atomic mass is 10.2. The number of rotatable bonds is 5. The Balaban J connectivity index is 3.18. The van der Waals surface area contributed by atoms with Crippen LogP contribution in [0.3, 0.4) is 0 Å². The summed E-state index contributed by atoms with van der Waals surface area (Å²) < 4.78 is 5.43. The van der Waals surface area contributed by atoms with E-state index in [1.165, 1.54) is 12.8 Å². The fraction of sp³-hybridized carbons (Fsp3) is 1.00. The predicted molar refractivity (Wildman–Crippen MR) is 40.6 cm³/mol. The molecule has 0 amide bonds. The lowest BCUT2D eigenvalue weighted by Crippen LogP contribution is -2.10. The largest absolute Gasteiger partial charge is 0.379 e. The van der Waals surface area contributed by atoms with E-state index < -0.39 is 0 Å². The molecule has 1 nitrogen and oxygen atoms in total. The third-order valence-electron chi connectivity index (χ3n) is 1.47. The van der Waals surface area contributed by atoms with Gasteiger partial charge >= 0.3 is 0 Å². The zero-order valence-corrected chi connectivity index (χ0v) is 6.81. The summed E-state index contributed by atoms with van der Waals surface area (Å²) in [5.41, 5.74) is 0. The van der Waals surface area contributed by atoms with Crippen LogP contribution < -0.4 is 0 Å². The fourth-order valence-electron chi connectivity index (χ4n) is 0.963. The second-order valence-corrected chi connectivity index (χ2v) is 2.27. The highest BCUT2D eigenvalue weighted by Crippen LogP contribution is 2.04. The first-order valence-corrected chi connectivity index (χ1v) is 3.96. The highest BCUT2D eigenvalue weighted by molar-refractivity contribution is 4.52. The van der Waals surface area contributed by atoms with E-state index in [1.54, 1.807) is 0 Å². The standard InChI is InChI=1S/C8H18O/c1-4-7-8(5-2)9-6-3/h8H,4-7H2,1-3H3. The number of hydrogen-bond donors (Lipinski definition) is 0. The van der Waals surface area contributed by atoms with E-state index in [2.05, 4.69) is 20.8 Å². The quantitative estimate of drug-likeness (QED) is 0.556. The second kappa shape index (κ2) is 6.09. The Labute approximate surface area is 58.4 Å². The van der Waals surface area contributed by atoms with Gasteiger partial charge in [0.1, 0.15) is 0 Å². The highest BCUT2D eigenvalue weighted by atomic mass is 16.5. The fourth-order valence-corrected chi connectivity index (χ4v) is 0.963. The van der Waals surface area contributed by atoms with Crippen LogP contribution in [-0.2, 0) is 4.74 Å². The summed E-state index contributed by atoms with van der Waals surface area (Å²) in [6, 6.07) is 0. The van der Waals surface area contributed by atoms with E-state index in [1.807, 2.05) is 0 Å². The Kier molecular flexibility index (Phi) is 6.06. The van der Waals surface area contributed by atoms with Crippen LogP contribution in [-0.4, -0.2) is 12.7 Å². The molecule has 0 aromatic heterocycles. The molecule has 0 saturated carbocycles. The van der Waals surface area contributed by atoms with Gasteiger partial charge in [0.05, 0.1) is 6.10 Å². The summed E-state index contributed by atoms with van der Waals surface area (Å²) >= 11 is 0. The lowest BCUT2D eigenvalue weighted by molar-refractivity contribution is 0.0538. The zero-order chi connectivity index (χ0) is 7.11. The highest BCUT2D eigenvalue weighted by Gasteiger charge is 2.01. The van der Waals surface area contributed by atoms with Crippen LogP contribution in [0.1, 0.15) is 40.0 Å². The van der Waals surface area contributed by atoms with Crippen LogP contribution in [0.15, 0.2) is 0 Å². The molecule has 0 N–H and O–H groups in total. The van der Waals surface area contributed by atoms with Gasteiger partial charge in [-0.1, -0.05) is 20.3 Å². The molecule has 0 aliphatic carbocycles. The molecular formula is C8H18O. The molecule has 0 fully saturated rings. The monoisotopic (exact) mass is 130 g/mol. The molecule has 9 heavy (non-hydrogen) atoms. The molecule has 1 unspecified atom stereocenters. The summed E-state index contributed by atoms with van der Waals surface area (Å²) in [5.74, 6) is 0. The first kappa shape index (κ1) is 8.96. The van der Waals surface area contributed by atoms with Gasteiger partial charge in [-0.15, -0.1) is 0 Å². The Morgan fingerprint density at radius 1 is 1.22 bits per heavy atom. The third kappa shape index (κ3) is 4.46. The van der Waals surface area contributed by atoms with Crippen molar-refractivity contribution < 1.29 is 4.74 Å². The van der Waals surface area contributed by atoms with Gasteiger partial charge in [-0.25, -0.2) is 0 Å². The minimum Gasteiger partial charge on any atom is -0.379 e. The third-order valence-corrected chi connectivity index (χ3v) is 1.47. The van der Waals surface area contributed by atoms with Gasteiger partial charge < -0.3 is 4.74 Å². The Hall–Kier alpha value is -0.0400. The maximum absolute atomic E-state index is 5.43. The molecule has 0 heterocycles. The van der Waals surface area contributed by atoms with Crippen molar-refractivity contribution in [2.24, 2.45) is 0 Å². The molecule has 0 rings (SSSR count). The SMILES string of the molecule is CCCC(CC)OCC. The molecule has 1 atom stereocenters. The van der Waals surface area contributed by atoms with E-state index in [-0.39, 0.29) is 0 Å². The summed E-state index contributed by atoms with van der Waals surface area (Å²) in [6.07, 6.45) is 4.12. The average Bonchev–Trinajstić information content (AvgIpc) is 1.88. The van der Waals surface area contributed by atoms with Crippen LogP contribution in [0.5, 0.6) is 0 Å². The summed E-state index contributed by atoms with van der Waals surface area (Å²) in [6.45, 7) is 7.29. The first-order valence-electron chi connectivity index (χ1n) is 3.96. The Bertz CT molecular complexity index is 46.5. The van der Waals surface area contributed by atoms with Crippen LogP contribution in [0.4, 0.5) is 0 Å². The van der Waals surface area contributed by atoms with Crippen LogP contribution >= 0.6 is 0 Å². The van der Waals surface area contributed by atoms with E-state index >= 15 is 0 Å². The van der Waals surface area contributed by atoms with Gasteiger partial charge in [-0.2, -0.15) is 0 Å². The molecule has 0 aromatic rings. The Morgan fingerprint density at radius 2 is 1.89 bits per heavy atom. The first-order chi connectivity index (χ1) is 4.35. The summed E-state index contributed by atoms with van der Waals surface area (Å²) in [4.78, 5) is 0. The van der Waals surface area contributed by atoms with Gasteiger partial charge in [-0.3, -0.25) is 0 Å². The molecule has 0 bridgehead atoms. The van der Waals surface area contributed by atoms with Gasteiger partial charge in [0.15, 0.2) is 0 Å². The molecule has 56 valence electrons. The maximum Gasteiger partial charge on any atom is 0.0572 e. The predicted octanol–water partition coefficient (Wildman–Crippen LogP) is 2.60. The van der Waals surface area contributed by atoms with Crippen LogP contribution in [0.25, 0.3) is 0 Å². The van der Waals surface area contributed by atoms with Crippen molar-refractivity contribution in [3.63, 3.8) is 0 Å². The second-order valence-electron chi connectivity index (χ2n) is 2.27. The van der Waals surface area contributed by atoms with Crippen molar-refractivity contribution in [1.29, 1.82) is 0 Å². The van der Waals surface area contributed by atoms with E-state index in [0.717, 1.165) is 13.0 Å². The molecule has 0 radical (unpaired) electrons. The summed E-state index contributed by atoms with van der Waals surface area (Å²) in [7, 11) is 0. The van der Waals surface area contributed by atoms with Gasteiger partial charge in [-0.05, 0) is 19.8 Å². The van der Waals surface area contributed by atoms with Crippen molar-refractivity contribution >= 4 is 0 Å². The van der Waals surface area contributed by atoms with Gasteiger partial charge in [0.2, 0.25) is 0 Å². The lowest BCUT2D eigenvalue weighted by Gasteiger charge is -2.12. The van der Waals surface area contributed by atoms with E-state index in [9.17, 15) is 0 Å². The molecule has 0 aliphatic rings. The van der Waals surface area contributed by atoms with E-state index in [4.69, 9.17) is 4.74 Å². The van der Waals surface area contributed by atoms with E-state index in [0.29, 0.717) is 6.10 Å². The van der Waals surface area contributed by atoms with Crippen molar-refractivity contribution in [1.82, 2.24) is 0 Å². The Morgan fingerprint density at radius 3 is 2.22 bits per heavy atom. The minimum absolute atomic E-state index is 0.514. The average molecular weight is 130 g/mol. The van der Waals surface area contributed by atoms with Crippen molar-refractivity contribution in [3.05, 3.63) is 0 Å². The van der Waals surface area contributed by atoms with Crippen molar-refractivity contribution in [3.8, 4) is 0 Å².